The Hall–Kier alpha value is -2.40. The van der Waals surface area contributed by atoms with Gasteiger partial charge in [-0.15, -0.1) is 0 Å². The third-order valence-corrected chi connectivity index (χ3v) is 4.03. The summed E-state index contributed by atoms with van der Waals surface area (Å²) in [4.78, 5) is 4.13. The number of nitrogens with zero attached hydrogens (tertiary/aromatic N) is 2. The topological polar surface area (TPSA) is 43.0 Å². The predicted molar refractivity (Wildman–Crippen MR) is 86.9 cm³/mol. The molecule has 5 heteroatoms. The van der Waals surface area contributed by atoms with Gasteiger partial charge in [-0.05, 0) is 50.6 Å². The third-order valence-electron chi connectivity index (χ3n) is 4.03. The third kappa shape index (κ3) is 3.19. The Balaban J connectivity index is 1.78. The quantitative estimate of drug-likeness (QED) is 0.762. The zero-order valence-corrected chi connectivity index (χ0v) is 13.5. The number of imidazole rings is 1. The van der Waals surface area contributed by atoms with Crippen LogP contribution in [0.5, 0.6) is 0 Å². The van der Waals surface area contributed by atoms with Crippen LogP contribution in [0, 0.1) is 12.7 Å². The summed E-state index contributed by atoms with van der Waals surface area (Å²) in [5, 5.41) is 3.41. The van der Waals surface area contributed by atoms with Crippen molar-refractivity contribution >= 4 is 0 Å². The number of halogens is 1. The maximum atomic E-state index is 14.5. The monoisotopic (exact) mass is 313 g/mol. The van der Waals surface area contributed by atoms with E-state index in [9.17, 15) is 4.39 Å². The summed E-state index contributed by atoms with van der Waals surface area (Å²) in [5.41, 5.74) is 1.40. The van der Waals surface area contributed by atoms with Crippen molar-refractivity contribution in [3.63, 3.8) is 0 Å². The van der Waals surface area contributed by atoms with Gasteiger partial charge in [0.25, 0.3) is 0 Å². The van der Waals surface area contributed by atoms with Gasteiger partial charge in [-0.2, -0.15) is 0 Å². The van der Waals surface area contributed by atoms with Gasteiger partial charge in [-0.25, -0.2) is 9.37 Å². The summed E-state index contributed by atoms with van der Waals surface area (Å²) in [7, 11) is 0. The highest BCUT2D eigenvalue weighted by Gasteiger charge is 2.15. The van der Waals surface area contributed by atoms with Gasteiger partial charge >= 0.3 is 0 Å². The lowest BCUT2D eigenvalue weighted by atomic mass is 10.1. The van der Waals surface area contributed by atoms with Gasteiger partial charge in [0.05, 0.1) is 18.0 Å². The number of benzene rings is 1. The van der Waals surface area contributed by atoms with Crippen molar-refractivity contribution in [1.29, 1.82) is 0 Å². The molecule has 4 nitrogen and oxygen atoms in total. The van der Waals surface area contributed by atoms with E-state index < -0.39 is 0 Å². The standard InChI is InChI=1S/C18H20FN3O/c1-12(21-13(2)18-5-4-10-23-18)15-6-7-17(16(19)11-15)22-9-8-20-14(22)3/h4-13,21H,1-3H3. The molecule has 0 saturated heterocycles. The molecule has 0 saturated carbocycles. The lowest BCUT2D eigenvalue weighted by Crippen LogP contribution is -2.22. The molecule has 23 heavy (non-hydrogen) atoms. The molecule has 0 aliphatic carbocycles. The fourth-order valence-electron chi connectivity index (χ4n) is 2.71. The molecule has 0 radical (unpaired) electrons. The lowest BCUT2D eigenvalue weighted by molar-refractivity contribution is 0.402. The zero-order chi connectivity index (χ0) is 16.4. The SMILES string of the molecule is Cc1nccn1-c1ccc(C(C)NC(C)c2ccco2)cc1F. The van der Waals surface area contributed by atoms with Crippen molar-refractivity contribution in [2.45, 2.75) is 32.9 Å². The second kappa shape index (κ2) is 6.38. The van der Waals surface area contributed by atoms with Crippen LogP contribution in [0.25, 0.3) is 5.69 Å². The number of nitrogens with one attached hydrogen (secondary N) is 1. The van der Waals surface area contributed by atoms with Crippen molar-refractivity contribution in [1.82, 2.24) is 14.9 Å². The summed E-state index contributed by atoms with van der Waals surface area (Å²) >= 11 is 0. The fourth-order valence-corrected chi connectivity index (χ4v) is 2.71. The highest BCUT2D eigenvalue weighted by atomic mass is 19.1. The molecule has 0 aliphatic heterocycles. The van der Waals surface area contributed by atoms with Gasteiger partial charge in [0.2, 0.25) is 0 Å². The lowest BCUT2D eigenvalue weighted by Gasteiger charge is -2.19. The van der Waals surface area contributed by atoms with Crippen molar-refractivity contribution in [2.75, 3.05) is 0 Å². The summed E-state index contributed by atoms with van der Waals surface area (Å²) in [6.07, 6.45) is 5.08. The minimum Gasteiger partial charge on any atom is -0.468 e. The summed E-state index contributed by atoms with van der Waals surface area (Å²) in [6, 6.07) is 9.14. The van der Waals surface area contributed by atoms with Crippen LogP contribution in [-0.4, -0.2) is 9.55 Å². The number of aromatic nitrogens is 2. The Bertz CT molecular complexity index is 779. The Morgan fingerprint density at radius 3 is 2.65 bits per heavy atom. The van der Waals surface area contributed by atoms with Crippen LogP contribution >= 0.6 is 0 Å². The van der Waals surface area contributed by atoms with Gasteiger partial charge in [0.15, 0.2) is 0 Å². The van der Waals surface area contributed by atoms with Crippen LogP contribution < -0.4 is 5.32 Å². The van der Waals surface area contributed by atoms with Gasteiger partial charge < -0.3 is 14.3 Å². The van der Waals surface area contributed by atoms with E-state index in [4.69, 9.17) is 4.42 Å². The van der Waals surface area contributed by atoms with E-state index in [0.717, 1.165) is 17.1 Å². The molecule has 2 unspecified atom stereocenters. The smallest absolute Gasteiger partial charge is 0.147 e. The minimum atomic E-state index is -0.261. The first-order valence-electron chi connectivity index (χ1n) is 7.65. The molecule has 2 aromatic heterocycles. The Morgan fingerprint density at radius 2 is 2.04 bits per heavy atom. The first-order chi connectivity index (χ1) is 11.1. The average molecular weight is 313 g/mol. The van der Waals surface area contributed by atoms with Crippen LogP contribution in [0.3, 0.4) is 0 Å². The molecule has 1 N–H and O–H groups in total. The summed E-state index contributed by atoms with van der Waals surface area (Å²) in [6.45, 7) is 5.88. The van der Waals surface area contributed by atoms with E-state index in [1.165, 1.54) is 0 Å². The highest BCUT2D eigenvalue weighted by Crippen LogP contribution is 2.23. The van der Waals surface area contributed by atoms with Crippen molar-refractivity contribution < 1.29 is 8.81 Å². The molecule has 2 atom stereocenters. The molecule has 0 amide bonds. The van der Waals surface area contributed by atoms with Crippen LogP contribution in [0.2, 0.25) is 0 Å². The Labute approximate surface area is 135 Å². The van der Waals surface area contributed by atoms with Crippen molar-refractivity contribution in [2.24, 2.45) is 0 Å². The molecule has 1 aromatic carbocycles. The van der Waals surface area contributed by atoms with Crippen molar-refractivity contribution in [3.8, 4) is 5.69 Å². The van der Waals surface area contributed by atoms with Crippen molar-refractivity contribution in [3.05, 3.63) is 72.0 Å². The van der Waals surface area contributed by atoms with Gasteiger partial charge in [-0.3, -0.25) is 0 Å². The molecule has 0 fully saturated rings. The number of rotatable bonds is 5. The van der Waals surface area contributed by atoms with E-state index in [2.05, 4.69) is 10.3 Å². The Kier molecular flexibility index (Phi) is 4.30. The maximum absolute atomic E-state index is 14.5. The molecule has 2 heterocycles. The molecular formula is C18H20FN3O. The molecule has 0 aliphatic rings. The highest BCUT2D eigenvalue weighted by molar-refractivity contribution is 5.38. The number of hydrogen-bond acceptors (Lipinski definition) is 3. The predicted octanol–water partition coefficient (Wildman–Crippen LogP) is 4.32. The molecule has 3 aromatic rings. The molecule has 120 valence electrons. The number of furan rings is 1. The Morgan fingerprint density at radius 1 is 1.22 bits per heavy atom. The first kappa shape index (κ1) is 15.5. The largest absolute Gasteiger partial charge is 0.468 e. The molecule has 0 bridgehead atoms. The zero-order valence-electron chi connectivity index (χ0n) is 13.5. The average Bonchev–Trinajstić information content (AvgIpc) is 3.18. The maximum Gasteiger partial charge on any atom is 0.147 e. The van der Waals surface area contributed by atoms with Gasteiger partial charge in [0, 0.05) is 18.4 Å². The minimum absolute atomic E-state index is 0.00235. The van der Waals surface area contributed by atoms with Crippen LogP contribution in [0.15, 0.2) is 53.4 Å². The number of aryl methyl sites for hydroxylation is 1. The second-order valence-corrected chi connectivity index (χ2v) is 5.68. The molecular weight excluding hydrogens is 293 g/mol. The van der Waals surface area contributed by atoms with Crippen LogP contribution in [0.4, 0.5) is 4.39 Å². The normalized spacial score (nSPS) is 13.9. The van der Waals surface area contributed by atoms with E-state index in [1.807, 2.05) is 39.0 Å². The van der Waals surface area contributed by atoms with E-state index in [0.29, 0.717) is 5.69 Å². The van der Waals surface area contributed by atoms with Gasteiger partial charge in [-0.1, -0.05) is 6.07 Å². The van der Waals surface area contributed by atoms with E-state index in [-0.39, 0.29) is 17.9 Å². The molecule has 3 rings (SSSR count). The fraction of sp³-hybridized carbons (Fsp3) is 0.278. The summed E-state index contributed by atoms with van der Waals surface area (Å²) in [5.74, 6) is 1.36. The van der Waals surface area contributed by atoms with E-state index >= 15 is 0 Å². The van der Waals surface area contributed by atoms with E-state index in [1.54, 1.807) is 35.4 Å². The van der Waals surface area contributed by atoms with Crippen LogP contribution in [-0.2, 0) is 0 Å². The van der Waals surface area contributed by atoms with Crippen LogP contribution in [0.1, 0.15) is 43.1 Å². The summed E-state index contributed by atoms with van der Waals surface area (Å²) < 4.78 is 21.6. The first-order valence-corrected chi connectivity index (χ1v) is 7.65. The number of hydrogen-bond donors (Lipinski definition) is 1. The second-order valence-electron chi connectivity index (χ2n) is 5.68. The molecule has 0 spiro atoms. The van der Waals surface area contributed by atoms with Gasteiger partial charge in [0.1, 0.15) is 17.4 Å².